The third-order valence-corrected chi connectivity index (χ3v) is 3.81. The molecular formula is C18H19N3O3. The second kappa shape index (κ2) is 7.04. The summed E-state index contributed by atoms with van der Waals surface area (Å²) >= 11 is 0. The van der Waals surface area contributed by atoms with Crippen molar-refractivity contribution in [3.63, 3.8) is 0 Å². The first kappa shape index (κ1) is 15.9. The topological polar surface area (TPSA) is 79.5 Å². The zero-order valence-electron chi connectivity index (χ0n) is 13.4. The second-order valence-electron chi connectivity index (χ2n) is 5.44. The number of carbonyl (C=O) groups excluding carboxylic acids is 2. The number of amides is 2. The molecule has 3 rings (SSSR count). The fraction of sp³-hybridized carbons (Fsp3) is 0.222. The molecule has 24 heavy (non-hydrogen) atoms. The Morgan fingerprint density at radius 3 is 2.75 bits per heavy atom. The Morgan fingerprint density at radius 2 is 2.00 bits per heavy atom. The Balaban J connectivity index is 1.68. The number of hydrogen-bond acceptors (Lipinski definition) is 4. The molecule has 0 spiro atoms. The fourth-order valence-corrected chi connectivity index (χ4v) is 2.49. The summed E-state index contributed by atoms with van der Waals surface area (Å²) in [6.45, 7) is 1.58. The van der Waals surface area contributed by atoms with E-state index in [1.807, 2.05) is 18.2 Å². The van der Waals surface area contributed by atoms with Crippen LogP contribution in [-0.4, -0.2) is 32.0 Å². The van der Waals surface area contributed by atoms with Gasteiger partial charge in [0.25, 0.3) is 11.8 Å². The molecule has 2 amide bonds. The number of benzene rings is 2. The van der Waals surface area contributed by atoms with Crippen LogP contribution in [0.1, 0.15) is 26.3 Å². The normalized spacial score (nSPS) is 13.1. The van der Waals surface area contributed by atoms with Crippen LogP contribution in [0.25, 0.3) is 0 Å². The second-order valence-corrected chi connectivity index (χ2v) is 5.44. The summed E-state index contributed by atoms with van der Waals surface area (Å²) in [7, 11) is 1.61. The van der Waals surface area contributed by atoms with Gasteiger partial charge >= 0.3 is 0 Å². The van der Waals surface area contributed by atoms with Gasteiger partial charge in [-0.3, -0.25) is 9.59 Å². The van der Waals surface area contributed by atoms with Gasteiger partial charge in [-0.15, -0.1) is 0 Å². The largest absolute Gasteiger partial charge is 0.491 e. The standard InChI is InChI=1S/C18H19N3O3/c1-19-17(22)13-4-2-12(3-5-13)11-21-14-6-7-16-15(10-14)18(23)20-8-9-24-16/h2-7,10,21H,8-9,11H2,1H3,(H,19,22)(H,20,23). The maximum Gasteiger partial charge on any atom is 0.255 e. The van der Waals surface area contributed by atoms with Gasteiger partial charge in [-0.25, -0.2) is 0 Å². The summed E-state index contributed by atoms with van der Waals surface area (Å²) < 4.78 is 5.53. The van der Waals surface area contributed by atoms with Crippen molar-refractivity contribution in [1.82, 2.24) is 10.6 Å². The Labute approximate surface area is 140 Å². The minimum atomic E-state index is -0.124. The highest BCUT2D eigenvalue weighted by Crippen LogP contribution is 2.24. The van der Waals surface area contributed by atoms with Crippen molar-refractivity contribution in [2.45, 2.75) is 6.54 Å². The maximum absolute atomic E-state index is 12.0. The van der Waals surface area contributed by atoms with Crippen molar-refractivity contribution >= 4 is 17.5 Å². The number of ether oxygens (including phenoxy) is 1. The molecule has 2 aromatic rings. The van der Waals surface area contributed by atoms with E-state index < -0.39 is 0 Å². The summed E-state index contributed by atoms with van der Waals surface area (Å²) in [5.74, 6) is 0.373. The number of fused-ring (bicyclic) bond motifs is 1. The lowest BCUT2D eigenvalue weighted by molar-refractivity contribution is 0.0951. The van der Waals surface area contributed by atoms with E-state index in [9.17, 15) is 9.59 Å². The van der Waals surface area contributed by atoms with Crippen molar-refractivity contribution in [3.05, 3.63) is 59.2 Å². The molecule has 0 aliphatic carbocycles. The van der Waals surface area contributed by atoms with E-state index in [1.54, 1.807) is 31.3 Å². The van der Waals surface area contributed by atoms with Gasteiger partial charge < -0.3 is 20.7 Å². The zero-order valence-corrected chi connectivity index (χ0v) is 13.4. The molecule has 1 heterocycles. The van der Waals surface area contributed by atoms with Crippen molar-refractivity contribution < 1.29 is 14.3 Å². The molecule has 0 radical (unpaired) electrons. The highest BCUT2D eigenvalue weighted by molar-refractivity contribution is 5.98. The van der Waals surface area contributed by atoms with Gasteiger partial charge in [0.1, 0.15) is 12.4 Å². The van der Waals surface area contributed by atoms with Crippen LogP contribution in [0.4, 0.5) is 5.69 Å². The summed E-state index contributed by atoms with van der Waals surface area (Å²) in [6, 6.07) is 12.8. The number of rotatable bonds is 4. The fourth-order valence-electron chi connectivity index (χ4n) is 2.49. The Morgan fingerprint density at radius 1 is 1.21 bits per heavy atom. The van der Waals surface area contributed by atoms with Crippen LogP contribution in [0.15, 0.2) is 42.5 Å². The molecule has 0 saturated heterocycles. The smallest absolute Gasteiger partial charge is 0.255 e. The minimum Gasteiger partial charge on any atom is -0.491 e. The van der Waals surface area contributed by atoms with E-state index in [0.29, 0.717) is 36.6 Å². The molecule has 0 bridgehead atoms. The first-order chi connectivity index (χ1) is 11.7. The molecule has 0 saturated carbocycles. The number of carbonyl (C=O) groups is 2. The molecule has 0 atom stereocenters. The monoisotopic (exact) mass is 325 g/mol. The summed E-state index contributed by atoms with van der Waals surface area (Å²) in [5.41, 5.74) is 3.04. The predicted molar refractivity (Wildman–Crippen MR) is 91.4 cm³/mol. The first-order valence-electron chi connectivity index (χ1n) is 7.77. The average molecular weight is 325 g/mol. The number of anilines is 1. The van der Waals surface area contributed by atoms with Gasteiger partial charge in [0.15, 0.2) is 0 Å². The molecule has 124 valence electrons. The van der Waals surface area contributed by atoms with Crippen LogP contribution in [0, 0.1) is 0 Å². The van der Waals surface area contributed by atoms with E-state index in [2.05, 4.69) is 16.0 Å². The highest BCUT2D eigenvalue weighted by atomic mass is 16.5. The van der Waals surface area contributed by atoms with Gasteiger partial charge in [-0.2, -0.15) is 0 Å². The number of hydrogen-bond donors (Lipinski definition) is 3. The molecule has 3 N–H and O–H groups in total. The first-order valence-corrected chi connectivity index (χ1v) is 7.77. The average Bonchev–Trinajstić information content (AvgIpc) is 2.81. The lowest BCUT2D eigenvalue weighted by Gasteiger charge is -2.10. The van der Waals surface area contributed by atoms with Gasteiger partial charge in [0, 0.05) is 24.8 Å². The SMILES string of the molecule is CNC(=O)c1ccc(CNc2ccc3c(c2)C(=O)NCCO3)cc1. The van der Waals surface area contributed by atoms with Gasteiger partial charge in [-0.1, -0.05) is 12.1 Å². The van der Waals surface area contributed by atoms with E-state index in [1.165, 1.54) is 0 Å². The summed E-state index contributed by atoms with van der Waals surface area (Å²) in [5, 5.41) is 8.67. The highest BCUT2D eigenvalue weighted by Gasteiger charge is 2.16. The minimum absolute atomic E-state index is 0.105. The van der Waals surface area contributed by atoms with Crippen molar-refractivity contribution in [2.24, 2.45) is 0 Å². The maximum atomic E-state index is 12.0. The third-order valence-electron chi connectivity index (χ3n) is 3.81. The molecule has 6 nitrogen and oxygen atoms in total. The van der Waals surface area contributed by atoms with Gasteiger partial charge in [0.2, 0.25) is 0 Å². The van der Waals surface area contributed by atoms with E-state index >= 15 is 0 Å². The lowest BCUT2D eigenvalue weighted by Crippen LogP contribution is -2.24. The lowest BCUT2D eigenvalue weighted by atomic mass is 10.1. The molecule has 0 aromatic heterocycles. The van der Waals surface area contributed by atoms with Gasteiger partial charge in [-0.05, 0) is 35.9 Å². The summed E-state index contributed by atoms with van der Waals surface area (Å²) in [6.07, 6.45) is 0. The van der Waals surface area contributed by atoms with Crippen LogP contribution in [0.3, 0.4) is 0 Å². The van der Waals surface area contributed by atoms with Crippen LogP contribution in [0.2, 0.25) is 0 Å². The van der Waals surface area contributed by atoms with E-state index in [4.69, 9.17) is 4.74 Å². The molecule has 0 fully saturated rings. The van der Waals surface area contributed by atoms with Crippen LogP contribution in [0.5, 0.6) is 5.75 Å². The van der Waals surface area contributed by atoms with Crippen LogP contribution >= 0.6 is 0 Å². The molecule has 1 aliphatic heterocycles. The van der Waals surface area contributed by atoms with Crippen LogP contribution < -0.4 is 20.7 Å². The Kier molecular flexibility index (Phi) is 4.65. The Bertz CT molecular complexity index is 757. The quantitative estimate of drug-likeness (QED) is 0.800. The van der Waals surface area contributed by atoms with E-state index in [-0.39, 0.29) is 11.8 Å². The number of nitrogens with one attached hydrogen (secondary N) is 3. The van der Waals surface area contributed by atoms with Crippen molar-refractivity contribution in [3.8, 4) is 5.75 Å². The van der Waals surface area contributed by atoms with Gasteiger partial charge in [0.05, 0.1) is 12.1 Å². The van der Waals surface area contributed by atoms with Crippen molar-refractivity contribution in [2.75, 3.05) is 25.5 Å². The Hall–Kier alpha value is -3.02. The predicted octanol–water partition coefficient (Wildman–Crippen LogP) is 1.78. The summed E-state index contributed by atoms with van der Waals surface area (Å²) in [4.78, 5) is 23.5. The molecule has 1 aliphatic rings. The molecule has 6 heteroatoms. The zero-order chi connectivity index (χ0) is 16.9. The van der Waals surface area contributed by atoms with Crippen molar-refractivity contribution in [1.29, 1.82) is 0 Å². The molecular weight excluding hydrogens is 306 g/mol. The molecule has 2 aromatic carbocycles. The van der Waals surface area contributed by atoms with E-state index in [0.717, 1.165) is 11.3 Å². The molecule has 0 unspecified atom stereocenters. The third kappa shape index (κ3) is 3.48. The van der Waals surface area contributed by atoms with Crippen LogP contribution in [-0.2, 0) is 6.54 Å².